The summed E-state index contributed by atoms with van der Waals surface area (Å²) in [6, 6.07) is -0.804. The molecule has 334 valence electrons. The molecule has 0 rings (SSSR count). The van der Waals surface area contributed by atoms with Crippen molar-refractivity contribution < 1.29 is 20.1 Å². The predicted octanol–water partition coefficient (Wildman–Crippen LogP) is 15.2. The summed E-state index contributed by atoms with van der Waals surface area (Å²) in [7, 11) is 0. The van der Waals surface area contributed by atoms with Crippen molar-refractivity contribution in [3.63, 3.8) is 0 Å². The van der Waals surface area contributed by atoms with Crippen molar-refractivity contribution in [2.45, 2.75) is 302 Å². The predicted molar refractivity (Wildman–Crippen MR) is 245 cm³/mol. The maximum absolute atomic E-state index is 12.4. The average Bonchev–Trinajstić information content (AvgIpc) is 3.20. The molecule has 0 heterocycles. The number of aliphatic hydroxyl groups is 3. The Hall–Kier alpha value is -0.910. The van der Waals surface area contributed by atoms with Crippen molar-refractivity contribution in [1.29, 1.82) is 0 Å². The zero-order chi connectivity index (χ0) is 40.8. The summed E-state index contributed by atoms with van der Waals surface area (Å²) >= 11 is 0. The number of nitrogens with one attached hydrogen (secondary N) is 1. The second-order valence-electron chi connectivity index (χ2n) is 17.7. The van der Waals surface area contributed by atoms with E-state index in [1.165, 1.54) is 218 Å². The number of aliphatic hydroxyl groups excluding tert-OH is 3. The number of rotatable bonds is 47. The van der Waals surface area contributed by atoms with Gasteiger partial charge in [0, 0.05) is 6.42 Å². The molecule has 3 atom stereocenters. The number of amides is 1. The minimum atomic E-state index is -1.13. The van der Waals surface area contributed by atoms with Crippen molar-refractivity contribution in [3.8, 4) is 0 Å². The summed E-state index contributed by atoms with van der Waals surface area (Å²) in [5.41, 5.74) is 0. The van der Waals surface area contributed by atoms with E-state index >= 15 is 0 Å². The molecule has 0 saturated heterocycles. The number of allylic oxidation sites excluding steroid dienone is 2. The van der Waals surface area contributed by atoms with Gasteiger partial charge in [-0.3, -0.25) is 4.79 Å². The normalized spacial score (nSPS) is 13.4. The van der Waals surface area contributed by atoms with E-state index in [9.17, 15) is 20.1 Å². The zero-order valence-corrected chi connectivity index (χ0v) is 38.0. The van der Waals surface area contributed by atoms with Gasteiger partial charge in [-0.15, -0.1) is 0 Å². The van der Waals surface area contributed by atoms with Crippen LogP contribution in [0, 0.1) is 0 Å². The number of carbonyl (C=O) groups is 1. The van der Waals surface area contributed by atoms with Crippen LogP contribution in [0.2, 0.25) is 0 Å². The second kappa shape index (κ2) is 46.8. The van der Waals surface area contributed by atoms with E-state index in [0.717, 1.165) is 38.5 Å². The van der Waals surface area contributed by atoms with Crippen molar-refractivity contribution >= 4 is 5.91 Å². The largest absolute Gasteiger partial charge is 0.394 e. The molecule has 0 aliphatic carbocycles. The topological polar surface area (TPSA) is 89.8 Å². The van der Waals surface area contributed by atoms with Gasteiger partial charge in [0.1, 0.15) is 6.10 Å². The smallest absolute Gasteiger partial charge is 0.220 e. The van der Waals surface area contributed by atoms with Gasteiger partial charge < -0.3 is 20.6 Å². The lowest BCUT2D eigenvalue weighted by Gasteiger charge is -2.26. The Kier molecular flexibility index (Phi) is 46.0. The molecule has 0 radical (unpaired) electrons. The van der Waals surface area contributed by atoms with Crippen molar-refractivity contribution in [3.05, 3.63) is 12.2 Å². The third kappa shape index (κ3) is 41.3. The van der Waals surface area contributed by atoms with Crippen LogP contribution in [0.25, 0.3) is 0 Å². The molecular formula is C51H101NO4. The standard InChI is InChI=1S/C51H101NO4/c1-3-5-7-9-11-13-15-16-17-18-19-20-21-22-23-24-25-26-27-28-29-30-31-32-33-34-35-36-38-40-42-44-46-50(55)52-48(47-53)51(56)49(54)45-43-41-39-37-14-12-10-8-6-4-2/h22-23,48-49,51,53-54,56H,3-21,24-47H2,1-2H3,(H,52,55)/b23-22-. The highest BCUT2D eigenvalue weighted by atomic mass is 16.3. The molecule has 0 aromatic heterocycles. The lowest BCUT2D eigenvalue weighted by atomic mass is 9.99. The zero-order valence-electron chi connectivity index (χ0n) is 38.0. The minimum Gasteiger partial charge on any atom is -0.394 e. The van der Waals surface area contributed by atoms with Crippen LogP contribution in [0.4, 0.5) is 0 Å². The Morgan fingerprint density at radius 2 is 0.714 bits per heavy atom. The van der Waals surface area contributed by atoms with E-state index < -0.39 is 18.2 Å². The van der Waals surface area contributed by atoms with Crippen LogP contribution < -0.4 is 5.32 Å². The minimum absolute atomic E-state index is 0.141. The molecule has 3 unspecified atom stereocenters. The molecule has 0 aliphatic heterocycles. The molecule has 0 aromatic carbocycles. The lowest BCUT2D eigenvalue weighted by Crippen LogP contribution is -2.50. The second-order valence-corrected chi connectivity index (χ2v) is 17.7. The molecule has 5 nitrogen and oxygen atoms in total. The highest BCUT2D eigenvalue weighted by Gasteiger charge is 2.26. The van der Waals surface area contributed by atoms with Crippen LogP contribution in [0.1, 0.15) is 284 Å². The van der Waals surface area contributed by atoms with Gasteiger partial charge in [-0.25, -0.2) is 0 Å². The molecule has 0 bridgehead atoms. The number of carbonyl (C=O) groups excluding carboxylic acids is 1. The number of hydrogen-bond acceptors (Lipinski definition) is 4. The van der Waals surface area contributed by atoms with Crippen LogP contribution in [0.15, 0.2) is 12.2 Å². The summed E-state index contributed by atoms with van der Waals surface area (Å²) in [5, 5.41) is 33.5. The molecule has 0 saturated carbocycles. The van der Waals surface area contributed by atoms with E-state index in [1.54, 1.807) is 0 Å². The van der Waals surface area contributed by atoms with Gasteiger partial charge in [-0.2, -0.15) is 0 Å². The number of hydrogen-bond donors (Lipinski definition) is 4. The molecule has 4 N–H and O–H groups in total. The van der Waals surface area contributed by atoms with Crippen LogP contribution in [0.3, 0.4) is 0 Å². The summed E-state index contributed by atoms with van der Waals surface area (Å²) < 4.78 is 0. The first kappa shape index (κ1) is 55.1. The van der Waals surface area contributed by atoms with Gasteiger partial charge in [-0.05, 0) is 38.5 Å². The summed E-state index contributed by atoms with van der Waals surface area (Å²) in [6.07, 6.45) is 56.5. The number of unbranched alkanes of at least 4 members (excludes halogenated alkanes) is 37. The first-order valence-electron chi connectivity index (χ1n) is 25.5. The molecule has 56 heavy (non-hydrogen) atoms. The third-order valence-corrected chi connectivity index (χ3v) is 12.1. The van der Waals surface area contributed by atoms with Crippen molar-refractivity contribution in [2.75, 3.05) is 6.61 Å². The Morgan fingerprint density at radius 3 is 1.04 bits per heavy atom. The summed E-state index contributed by atoms with van der Waals surface area (Å²) in [4.78, 5) is 12.4. The third-order valence-electron chi connectivity index (χ3n) is 12.1. The van der Waals surface area contributed by atoms with Gasteiger partial charge in [0.25, 0.3) is 0 Å². The Balaban J connectivity index is 3.44. The van der Waals surface area contributed by atoms with Gasteiger partial charge in [-0.1, -0.05) is 251 Å². The van der Waals surface area contributed by atoms with Crippen LogP contribution >= 0.6 is 0 Å². The Labute approximate surface area is 350 Å². The van der Waals surface area contributed by atoms with E-state index in [-0.39, 0.29) is 12.5 Å². The van der Waals surface area contributed by atoms with Crippen molar-refractivity contribution in [1.82, 2.24) is 5.32 Å². The fourth-order valence-electron chi connectivity index (χ4n) is 8.16. The maximum Gasteiger partial charge on any atom is 0.220 e. The molecule has 0 spiro atoms. The molecule has 5 heteroatoms. The fourth-order valence-corrected chi connectivity index (χ4v) is 8.16. The quantitative estimate of drug-likeness (QED) is 0.0365. The highest BCUT2D eigenvalue weighted by molar-refractivity contribution is 5.76. The van der Waals surface area contributed by atoms with E-state index in [0.29, 0.717) is 12.8 Å². The summed E-state index contributed by atoms with van der Waals surface area (Å²) in [6.45, 7) is 4.18. The van der Waals surface area contributed by atoms with Crippen LogP contribution in [-0.4, -0.2) is 46.1 Å². The van der Waals surface area contributed by atoms with Crippen LogP contribution in [0.5, 0.6) is 0 Å². The van der Waals surface area contributed by atoms with Crippen LogP contribution in [-0.2, 0) is 4.79 Å². The Bertz CT molecular complexity index is 788. The molecule has 0 fully saturated rings. The molecule has 1 amide bonds. The van der Waals surface area contributed by atoms with Crippen molar-refractivity contribution in [2.24, 2.45) is 0 Å². The Morgan fingerprint density at radius 1 is 0.429 bits per heavy atom. The van der Waals surface area contributed by atoms with Gasteiger partial charge in [0.2, 0.25) is 5.91 Å². The molecule has 0 aliphatic rings. The van der Waals surface area contributed by atoms with E-state index in [1.807, 2.05) is 0 Å². The van der Waals surface area contributed by atoms with E-state index in [4.69, 9.17) is 0 Å². The SMILES string of the molecule is CCCCCCCCCCCCCC/C=C\CCCCCCCCCCCCCCCCCCC(=O)NC(CO)C(O)C(O)CCCCCCCCCCCC. The highest BCUT2D eigenvalue weighted by Crippen LogP contribution is 2.17. The van der Waals surface area contributed by atoms with Gasteiger partial charge in [0.15, 0.2) is 0 Å². The van der Waals surface area contributed by atoms with E-state index in [2.05, 4.69) is 31.3 Å². The monoisotopic (exact) mass is 792 g/mol. The first-order chi connectivity index (χ1) is 27.6. The first-order valence-corrected chi connectivity index (χ1v) is 25.5. The van der Waals surface area contributed by atoms with Gasteiger partial charge >= 0.3 is 0 Å². The molecule has 0 aromatic rings. The average molecular weight is 792 g/mol. The maximum atomic E-state index is 12.4. The van der Waals surface area contributed by atoms with Gasteiger partial charge in [0.05, 0.1) is 18.8 Å². The summed E-state index contributed by atoms with van der Waals surface area (Å²) in [5.74, 6) is -0.141. The lowest BCUT2D eigenvalue weighted by molar-refractivity contribution is -0.124. The fraction of sp³-hybridized carbons (Fsp3) is 0.941. The molecular weight excluding hydrogens is 691 g/mol.